The van der Waals surface area contributed by atoms with E-state index in [-0.39, 0.29) is 17.7 Å². The summed E-state index contributed by atoms with van der Waals surface area (Å²) in [4.78, 5) is 22.7. The Morgan fingerprint density at radius 3 is 2.89 bits per heavy atom. The maximum atomic E-state index is 11.4. The molecule has 96 valence electrons. The first-order chi connectivity index (χ1) is 8.42. The van der Waals surface area contributed by atoms with E-state index in [9.17, 15) is 9.59 Å². The van der Waals surface area contributed by atoms with E-state index in [0.29, 0.717) is 6.42 Å². The Kier molecular flexibility index (Phi) is 3.30. The van der Waals surface area contributed by atoms with E-state index in [0.717, 1.165) is 16.8 Å². The minimum atomic E-state index is -0.507. The Hall–Kier alpha value is -1.55. The number of halogens is 1. The fraction of sp³-hybridized carbons (Fsp3) is 0.385. The molecule has 1 aliphatic rings. The summed E-state index contributed by atoms with van der Waals surface area (Å²) in [6.45, 7) is 3.81. The highest BCUT2D eigenvalue weighted by Crippen LogP contribution is 2.28. The number of carbonyl (C=O) groups excluding carboxylic acids is 2. The van der Waals surface area contributed by atoms with E-state index in [4.69, 9.17) is 11.6 Å². The van der Waals surface area contributed by atoms with Crippen molar-refractivity contribution in [1.29, 1.82) is 0 Å². The third kappa shape index (κ3) is 2.48. The zero-order valence-corrected chi connectivity index (χ0v) is 11.1. The van der Waals surface area contributed by atoms with Crippen molar-refractivity contribution in [3.63, 3.8) is 0 Å². The van der Waals surface area contributed by atoms with E-state index in [2.05, 4.69) is 10.6 Å². The molecule has 18 heavy (non-hydrogen) atoms. The predicted molar refractivity (Wildman–Crippen MR) is 70.7 cm³/mol. The van der Waals surface area contributed by atoms with Gasteiger partial charge in [-0.05, 0) is 31.0 Å². The van der Waals surface area contributed by atoms with Crippen LogP contribution in [0.15, 0.2) is 18.2 Å². The van der Waals surface area contributed by atoms with E-state index in [1.807, 2.05) is 32.0 Å². The molecule has 1 aromatic carbocycles. The second-order valence-corrected chi connectivity index (χ2v) is 5.17. The van der Waals surface area contributed by atoms with Crippen molar-refractivity contribution in [2.45, 2.75) is 25.8 Å². The van der Waals surface area contributed by atoms with Gasteiger partial charge in [-0.3, -0.25) is 9.59 Å². The Balaban J connectivity index is 2.26. The van der Waals surface area contributed by atoms with Gasteiger partial charge in [0, 0.05) is 5.69 Å². The molecule has 0 radical (unpaired) electrons. The fourth-order valence-corrected chi connectivity index (χ4v) is 2.14. The molecular weight excluding hydrogens is 252 g/mol. The first kappa shape index (κ1) is 12.9. The number of benzene rings is 1. The van der Waals surface area contributed by atoms with Gasteiger partial charge in [0.15, 0.2) is 0 Å². The SMILES string of the molecule is CC(C)(NC(=O)CCl)c1ccc2c(c1)CC(=O)N2. The molecule has 0 spiro atoms. The average molecular weight is 267 g/mol. The topological polar surface area (TPSA) is 58.2 Å². The second kappa shape index (κ2) is 4.61. The summed E-state index contributed by atoms with van der Waals surface area (Å²) >= 11 is 5.49. The lowest BCUT2D eigenvalue weighted by Gasteiger charge is -2.27. The molecule has 0 bridgehead atoms. The molecule has 0 aromatic heterocycles. The van der Waals surface area contributed by atoms with Gasteiger partial charge in [0.1, 0.15) is 5.88 Å². The molecule has 4 nitrogen and oxygen atoms in total. The molecular formula is C13H15ClN2O2. The molecule has 2 amide bonds. The number of rotatable bonds is 3. The van der Waals surface area contributed by atoms with Crippen molar-refractivity contribution in [1.82, 2.24) is 5.32 Å². The smallest absolute Gasteiger partial charge is 0.235 e. The first-order valence-electron chi connectivity index (χ1n) is 5.72. The summed E-state index contributed by atoms with van der Waals surface area (Å²) < 4.78 is 0. The predicted octanol–water partition coefficient (Wildman–Crippen LogP) is 1.77. The van der Waals surface area contributed by atoms with Crippen molar-refractivity contribution in [3.8, 4) is 0 Å². The Bertz CT molecular complexity index is 512. The zero-order chi connectivity index (χ0) is 13.3. The molecule has 1 aliphatic heterocycles. The van der Waals surface area contributed by atoms with E-state index >= 15 is 0 Å². The highest BCUT2D eigenvalue weighted by atomic mass is 35.5. The molecule has 0 unspecified atom stereocenters. The van der Waals surface area contributed by atoms with Gasteiger partial charge in [-0.25, -0.2) is 0 Å². The van der Waals surface area contributed by atoms with Crippen LogP contribution in [-0.4, -0.2) is 17.7 Å². The van der Waals surface area contributed by atoms with Crippen molar-refractivity contribution < 1.29 is 9.59 Å². The van der Waals surface area contributed by atoms with Gasteiger partial charge in [0.2, 0.25) is 11.8 Å². The lowest BCUT2D eigenvalue weighted by molar-refractivity contribution is -0.120. The van der Waals surface area contributed by atoms with Crippen molar-refractivity contribution in [3.05, 3.63) is 29.3 Å². The Labute approximate surface area is 111 Å². The summed E-state index contributed by atoms with van der Waals surface area (Å²) in [6.07, 6.45) is 0.392. The summed E-state index contributed by atoms with van der Waals surface area (Å²) in [5, 5.41) is 5.63. The first-order valence-corrected chi connectivity index (χ1v) is 6.26. The standard InChI is InChI=1S/C13H15ClN2O2/c1-13(2,16-12(18)7-14)9-3-4-10-8(5-9)6-11(17)15-10/h3-5H,6-7H2,1-2H3,(H,15,17)(H,16,18). The van der Waals surface area contributed by atoms with E-state index < -0.39 is 5.54 Å². The second-order valence-electron chi connectivity index (χ2n) is 4.90. The summed E-state index contributed by atoms with van der Waals surface area (Å²) in [7, 11) is 0. The number of hydrogen-bond acceptors (Lipinski definition) is 2. The Morgan fingerprint density at radius 1 is 1.50 bits per heavy atom. The van der Waals surface area contributed by atoms with Crippen molar-refractivity contribution >= 4 is 29.1 Å². The van der Waals surface area contributed by atoms with Crippen LogP contribution in [0, 0.1) is 0 Å². The Morgan fingerprint density at radius 2 is 2.22 bits per heavy atom. The lowest BCUT2D eigenvalue weighted by Crippen LogP contribution is -2.41. The summed E-state index contributed by atoms with van der Waals surface area (Å²) in [6, 6.07) is 5.71. The van der Waals surface area contributed by atoms with Crippen LogP contribution >= 0.6 is 11.6 Å². The van der Waals surface area contributed by atoms with Crippen molar-refractivity contribution in [2.75, 3.05) is 11.2 Å². The molecule has 1 heterocycles. The van der Waals surface area contributed by atoms with Crippen LogP contribution in [-0.2, 0) is 21.5 Å². The number of alkyl halides is 1. The molecule has 2 N–H and O–H groups in total. The largest absolute Gasteiger partial charge is 0.346 e. The highest BCUT2D eigenvalue weighted by molar-refractivity contribution is 6.27. The van der Waals surface area contributed by atoms with E-state index in [1.165, 1.54) is 0 Å². The van der Waals surface area contributed by atoms with E-state index in [1.54, 1.807) is 0 Å². The van der Waals surface area contributed by atoms with Crippen LogP contribution < -0.4 is 10.6 Å². The van der Waals surface area contributed by atoms with Gasteiger partial charge in [0.25, 0.3) is 0 Å². The fourth-order valence-electron chi connectivity index (χ4n) is 2.07. The summed E-state index contributed by atoms with van der Waals surface area (Å²) in [5.74, 6) is -0.268. The normalized spacial score (nSPS) is 14.1. The average Bonchev–Trinajstić information content (AvgIpc) is 2.67. The minimum Gasteiger partial charge on any atom is -0.346 e. The van der Waals surface area contributed by atoms with Crippen LogP contribution in [0.25, 0.3) is 0 Å². The maximum Gasteiger partial charge on any atom is 0.235 e. The van der Waals surface area contributed by atoms with Gasteiger partial charge in [-0.1, -0.05) is 12.1 Å². The van der Waals surface area contributed by atoms with Crippen LogP contribution in [0.1, 0.15) is 25.0 Å². The molecule has 1 aromatic rings. The van der Waals surface area contributed by atoms with Gasteiger partial charge < -0.3 is 10.6 Å². The van der Waals surface area contributed by atoms with Gasteiger partial charge >= 0.3 is 0 Å². The van der Waals surface area contributed by atoms with Gasteiger partial charge in [-0.2, -0.15) is 0 Å². The third-order valence-corrected chi connectivity index (χ3v) is 3.27. The molecule has 5 heteroatoms. The van der Waals surface area contributed by atoms with Crippen LogP contribution in [0.4, 0.5) is 5.69 Å². The van der Waals surface area contributed by atoms with Gasteiger partial charge in [0.05, 0.1) is 12.0 Å². The quantitative estimate of drug-likeness (QED) is 0.820. The molecule has 0 saturated heterocycles. The number of anilines is 1. The van der Waals surface area contributed by atoms with Gasteiger partial charge in [-0.15, -0.1) is 11.6 Å². The number of nitrogens with one attached hydrogen (secondary N) is 2. The number of amides is 2. The highest BCUT2D eigenvalue weighted by Gasteiger charge is 2.25. The van der Waals surface area contributed by atoms with Crippen molar-refractivity contribution in [2.24, 2.45) is 0 Å². The molecule has 2 rings (SSSR count). The zero-order valence-electron chi connectivity index (χ0n) is 10.3. The maximum absolute atomic E-state index is 11.4. The molecule has 0 aliphatic carbocycles. The summed E-state index contributed by atoms with van der Waals surface area (Å²) in [5.41, 5.74) is 2.26. The number of carbonyl (C=O) groups is 2. The monoisotopic (exact) mass is 266 g/mol. The van der Waals surface area contributed by atoms with Crippen LogP contribution in [0.3, 0.4) is 0 Å². The minimum absolute atomic E-state index is 0.00440. The number of fused-ring (bicyclic) bond motifs is 1. The molecule has 0 fully saturated rings. The van der Waals surface area contributed by atoms with Crippen LogP contribution in [0.5, 0.6) is 0 Å². The third-order valence-electron chi connectivity index (χ3n) is 3.03. The molecule has 0 saturated carbocycles. The number of hydrogen-bond donors (Lipinski definition) is 2. The molecule has 0 atom stereocenters. The lowest BCUT2D eigenvalue weighted by atomic mass is 9.92. The van der Waals surface area contributed by atoms with Crippen LogP contribution in [0.2, 0.25) is 0 Å².